The SMILES string of the molecule is CC1(C)OC2C[P@@](C(C)(C)C)[C@@H]([C@H]3C4OC(C)(C)OC4C[P@]3C(C)(C)C)C2O1. The zero-order valence-corrected chi connectivity index (χ0v) is 21.2. The van der Waals surface area contributed by atoms with Gasteiger partial charge in [0.05, 0.1) is 24.4 Å². The van der Waals surface area contributed by atoms with Crippen LogP contribution in [0.1, 0.15) is 69.2 Å². The molecule has 4 heterocycles. The quantitative estimate of drug-likeness (QED) is 0.526. The van der Waals surface area contributed by atoms with Crippen LogP contribution in [-0.4, -0.2) is 69.9 Å². The van der Waals surface area contributed by atoms with Crippen molar-refractivity contribution in [2.75, 3.05) is 12.3 Å². The summed E-state index contributed by atoms with van der Waals surface area (Å²) in [5.74, 6) is -0.941. The first kappa shape index (κ1) is 21.9. The lowest BCUT2D eigenvalue weighted by molar-refractivity contribution is -0.151. The molecule has 28 heavy (non-hydrogen) atoms. The van der Waals surface area contributed by atoms with Gasteiger partial charge in [0.15, 0.2) is 11.6 Å². The molecule has 4 aliphatic heterocycles. The van der Waals surface area contributed by atoms with Crippen molar-refractivity contribution >= 4 is 15.8 Å². The average molecular weight is 431 g/mol. The summed E-state index contributed by atoms with van der Waals surface area (Å²) in [6, 6.07) is 0. The molecule has 4 aliphatic rings. The number of hydrogen-bond acceptors (Lipinski definition) is 4. The summed E-state index contributed by atoms with van der Waals surface area (Å²) in [6.07, 6.45) is 3.17. The van der Waals surface area contributed by atoms with Gasteiger partial charge in [0.25, 0.3) is 0 Å². The summed E-state index contributed by atoms with van der Waals surface area (Å²) < 4.78 is 26.0. The molecule has 0 spiro atoms. The van der Waals surface area contributed by atoms with Crippen LogP contribution < -0.4 is 0 Å². The minimum atomic E-state index is -0.471. The molecular weight excluding hydrogens is 390 g/mol. The zero-order valence-electron chi connectivity index (χ0n) is 19.4. The van der Waals surface area contributed by atoms with Crippen molar-refractivity contribution in [2.45, 2.75) is 127 Å². The minimum Gasteiger partial charge on any atom is -0.344 e. The van der Waals surface area contributed by atoms with E-state index in [2.05, 4.69) is 69.2 Å². The molecule has 8 atom stereocenters. The summed E-state index contributed by atoms with van der Waals surface area (Å²) >= 11 is 0. The van der Waals surface area contributed by atoms with E-state index in [9.17, 15) is 0 Å². The van der Waals surface area contributed by atoms with Crippen molar-refractivity contribution in [3.8, 4) is 0 Å². The summed E-state index contributed by atoms with van der Waals surface area (Å²) in [6.45, 7) is 22.8. The van der Waals surface area contributed by atoms with Crippen molar-refractivity contribution in [1.29, 1.82) is 0 Å². The molecule has 4 unspecified atom stereocenters. The van der Waals surface area contributed by atoms with Crippen LogP contribution in [0.2, 0.25) is 0 Å². The molecule has 0 aromatic carbocycles. The van der Waals surface area contributed by atoms with Crippen LogP contribution in [0.4, 0.5) is 0 Å². The molecule has 0 amide bonds. The first-order valence-corrected chi connectivity index (χ1v) is 14.0. The third-order valence-electron chi connectivity index (χ3n) is 6.66. The highest BCUT2D eigenvalue weighted by molar-refractivity contribution is 7.65. The van der Waals surface area contributed by atoms with Crippen LogP contribution in [-0.2, 0) is 18.9 Å². The third kappa shape index (κ3) is 3.74. The van der Waals surface area contributed by atoms with E-state index in [1.165, 1.54) is 0 Å². The second-order valence-electron chi connectivity index (χ2n) is 11.9. The number of rotatable bonds is 1. The van der Waals surface area contributed by atoms with Crippen LogP contribution in [0.5, 0.6) is 0 Å². The van der Waals surface area contributed by atoms with E-state index in [1.54, 1.807) is 0 Å². The van der Waals surface area contributed by atoms with Crippen LogP contribution in [0, 0.1) is 0 Å². The maximum Gasteiger partial charge on any atom is 0.163 e. The van der Waals surface area contributed by atoms with Crippen molar-refractivity contribution in [3.63, 3.8) is 0 Å². The molecule has 162 valence electrons. The monoisotopic (exact) mass is 430 g/mol. The van der Waals surface area contributed by atoms with Gasteiger partial charge in [0.2, 0.25) is 0 Å². The Morgan fingerprint density at radius 2 is 0.929 bits per heavy atom. The van der Waals surface area contributed by atoms with Gasteiger partial charge in [-0.1, -0.05) is 57.4 Å². The number of ether oxygens (including phenoxy) is 4. The van der Waals surface area contributed by atoms with E-state index in [0.717, 1.165) is 12.3 Å². The second-order valence-corrected chi connectivity index (χ2v) is 18.4. The van der Waals surface area contributed by atoms with Gasteiger partial charge in [-0.05, 0) is 50.3 Å². The Kier molecular flexibility index (Phi) is 5.17. The Balaban J connectivity index is 1.74. The lowest BCUT2D eigenvalue weighted by atomic mass is 10.0. The molecule has 0 radical (unpaired) electrons. The molecule has 0 aliphatic carbocycles. The minimum absolute atomic E-state index is 0.198. The van der Waals surface area contributed by atoms with E-state index in [0.29, 0.717) is 11.3 Å². The fraction of sp³-hybridized carbons (Fsp3) is 1.00. The Bertz CT molecular complexity index is 567. The fourth-order valence-electron chi connectivity index (χ4n) is 5.77. The van der Waals surface area contributed by atoms with Crippen LogP contribution >= 0.6 is 15.8 Å². The van der Waals surface area contributed by atoms with Crippen molar-refractivity contribution < 1.29 is 18.9 Å². The van der Waals surface area contributed by atoms with E-state index >= 15 is 0 Å². The average Bonchev–Trinajstić information content (AvgIpc) is 3.12. The summed E-state index contributed by atoms with van der Waals surface area (Å²) in [5.41, 5.74) is 1.05. The molecule has 0 N–H and O–H groups in total. The van der Waals surface area contributed by atoms with Gasteiger partial charge in [0, 0.05) is 11.3 Å². The van der Waals surface area contributed by atoms with Gasteiger partial charge >= 0.3 is 0 Å². The predicted molar refractivity (Wildman–Crippen MR) is 118 cm³/mol. The van der Waals surface area contributed by atoms with Crippen molar-refractivity contribution in [1.82, 2.24) is 0 Å². The van der Waals surface area contributed by atoms with Crippen LogP contribution in [0.3, 0.4) is 0 Å². The van der Waals surface area contributed by atoms with Gasteiger partial charge in [-0.15, -0.1) is 0 Å². The number of fused-ring (bicyclic) bond motifs is 2. The molecule has 4 rings (SSSR count). The molecule has 6 heteroatoms. The third-order valence-corrected chi connectivity index (χ3v) is 14.5. The van der Waals surface area contributed by atoms with Gasteiger partial charge in [-0.3, -0.25) is 0 Å². The number of hydrogen-bond donors (Lipinski definition) is 0. The van der Waals surface area contributed by atoms with Crippen LogP contribution in [0.25, 0.3) is 0 Å². The van der Waals surface area contributed by atoms with Gasteiger partial charge in [0.1, 0.15) is 0 Å². The molecule has 0 saturated carbocycles. The first-order valence-electron chi connectivity index (χ1n) is 10.8. The highest BCUT2D eigenvalue weighted by Gasteiger charge is 2.65. The fourth-order valence-corrected chi connectivity index (χ4v) is 13.7. The summed E-state index contributed by atoms with van der Waals surface area (Å²) in [4.78, 5) is 0. The van der Waals surface area contributed by atoms with E-state index < -0.39 is 11.6 Å². The van der Waals surface area contributed by atoms with Crippen LogP contribution in [0.15, 0.2) is 0 Å². The Morgan fingerprint density at radius 1 is 0.607 bits per heavy atom. The lowest BCUT2D eigenvalue weighted by Crippen LogP contribution is -2.45. The Morgan fingerprint density at radius 3 is 1.21 bits per heavy atom. The van der Waals surface area contributed by atoms with Crippen molar-refractivity contribution in [3.05, 3.63) is 0 Å². The standard InChI is InChI=1S/C22H40O4P2/c1-19(2,3)27-11-13-15(25-21(7,8)23-13)17(27)18-16-14(24-22(9,10)26-16)12-28(18)20(4,5)6/h13-18H,11-12H2,1-10H3/t13?,14?,15?,16?,17-,18-,27-,28+/m1/s1. The molecule has 0 bridgehead atoms. The summed E-state index contributed by atoms with van der Waals surface area (Å²) in [5, 5.41) is 0.570. The first-order chi connectivity index (χ1) is 12.6. The smallest absolute Gasteiger partial charge is 0.163 e. The molecule has 0 aromatic heterocycles. The topological polar surface area (TPSA) is 36.9 Å². The predicted octanol–water partition coefficient (Wildman–Crippen LogP) is 5.35. The molecule has 4 saturated heterocycles. The van der Waals surface area contributed by atoms with Gasteiger partial charge in [-0.25, -0.2) is 0 Å². The highest BCUT2D eigenvalue weighted by atomic mass is 31.1. The van der Waals surface area contributed by atoms with Crippen molar-refractivity contribution in [2.24, 2.45) is 0 Å². The molecule has 4 nitrogen and oxygen atoms in total. The molecule has 0 aromatic rings. The highest BCUT2D eigenvalue weighted by Crippen LogP contribution is 2.73. The largest absolute Gasteiger partial charge is 0.344 e. The normalized spacial score (nSPS) is 47.4. The van der Waals surface area contributed by atoms with E-state index in [4.69, 9.17) is 18.9 Å². The molecular formula is C22H40O4P2. The Labute approximate surface area is 174 Å². The van der Waals surface area contributed by atoms with Gasteiger partial charge < -0.3 is 18.9 Å². The Hall–Kier alpha value is 0.700. The van der Waals surface area contributed by atoms with E-state index in [-0.39, 0.29) is 50.6 Å². The summed E-state index contributed by atoms with van der Waals surface area (Å²) in [7, 11) is -0.466. The maximum absolute atomic E-state index is 6.59. The zero-order chi connectivity index (χ0) is 20.9. The van der Waals surface area contributed by atoms with E-state index in [1.807, 2.05) is 0 Å². The van der Waals surface area contributed by atoms with Gasteiger partial charge in [-0.2, -0.15) is 0 Å². The maximum atomic E-state index is 6.59. The lowest BCUT2D eigenvalue weighted by Gasteiger charge is -2.45. The second kappa shape index (κ2) is 6.60. The molecule has 4 fully saturated rings.